The quantitative estimate of drug-likeness (QED) is 0.738. The predicted molar refractivity (Wildman–Crippen MR) is 93.2 cm³/mol. The number of fused-ring (bicyclic) bond motifs is 1. The van der Waals surface area contributed by atoms with Crippen LogP contribution in [0.15, 0.2) is 52.9 Å². The summed E-state index contributed by atoms with van der Waals surface area (Å²) < 4.78 is 5.68. The van der Waals surface area contributed by atoms with Crippen LogP contribution < -0.4 is 5.32 Å². The van der Waals surface area contributed by atoms with Crippen molar-refractivity contribution in [1.82, 2.24) is 5.32 Å². The molecule has 0 aliphatic rings. The van der Waals surface area contributed by atoms with E-state index in [1.54, 1.807) is 12.1 Å². The average Bonchev–Trinajstić information content (AvgIpc) is 2.90. The molecule has 1 N–H and O–H groups in total. The summed E-state index contributed by atoms with van der Waals surface area (Å²) in [5.74, 6) is 0.388. The van der Waals surface area contributed by atoms with E-state index < -0.39 is 0 Å². The van der Waals surface area contributed by atoms with Crippen LogP contribution in [0.2, 0.25) is 5.02 Å². The van der Waals surface area contributed by atoms with E-state index in [9.17, 15) is 4.79 Å². The molecule has 0 fully saturated rings. The number of benzene rings is 2. The number of nitrogens with one attached hydrogen (secondary N) is 1. The van der Waals surface area contributed by atoms with Crippen LogP contribution in [-0.4, -0.2) is 12.5 Å². The fourth-order valence-electron chi connectivity index (χ4n) is 2.64. The summed E-state index contributed by atoms with van der Waals surface area (Å²) in [7, 11) is 0. The SMILES string of the molecule is Cc1c(C(=O)NC[C@@H](C)c2ccccc2)oc2ccc(Cl)cc12. The van der Waals surface area contributed by atoms with Crippen molar-refractivity contribution >= 4 is 28.5 Å². The average molecular weight is 328 g/mol. The van der Waals surface area contributed by atoms with Crippen molar-refractivity contribution in [3.63, 3.8) is 0 Å². The standard InChI is InChI=1S/C19H18ClNO2/c1-12(14-6-4-3-5-7-14)11-21-19(22)18-13(2)16-10-15(20)8-9-17(16)23-18/h3-10,12H,11H2,1-2H3,(H,21,22)/t12-/m1/s1. The van der Waals surface area contributed by atoms with Crippen LogP contribution in [0.25, 0.3) is 11.0 Å². The van der Waals surface area contributed by atoms with Crippen molar-refractivity contribution < 1.29 is 9.21 Å². The molecule has 0 spiro atoms. The molecule has 0 unspecified atom stereocenters. The van der Waals surface area contributed by atoms with Crippen molar-refractivity contribution in [2.24, 2.45) is 0 Å². The molecule has 1 heterocycles. The Morgan fingerprint density at radius 2 is 1.96 bits per heavy atom. The fraction of sp³-hybridized carbons (Fsp3) is 0.211. The van der Waals surface area contributed by atoms with Gasteiger partial charge in [-0.3, -0.25) is 4.79 Å². The first-order chi connectivity index (χ1) is 11.1. The van der Waals surface area contributed by atoms with Crippen LogP contribution in [0.1, 0.15) is 34.5 Å². The van der Waals surface area contributed by atoms with Crippen LogP contribution in [0.3, 0.4) is 0 Å². The van der Waals surface area contributed by atoms with Gasteiger partial charge in [0.2, 0.25) is 0 Å². The lowest BCUT2D eigenvalue weighted by Gasteiger charge is -2.12. The number of aryl methyl sites for hydroxylation is 1. The number of hydrogen-bond donors (Lipinski definition) is 1. The smallest absolute Gasteiger partial charge is 0.287 e. The lowest BCUT2D eigenvalue weighted by Crippen LogP contribution is -2.27. The molecule has 3 nitrogen and oxygen atoms in total. The van der Waals surface area contributed by atoms with Gasteiger partial charge in [0.1, 0.15) is 5.58 Å². The van der Waals surface area contributed by atoms with Gasteiger partial charge in [0.25, 0.3) is 5.91 Å². The Labute approximate surface area is 140 Å². The fourth-order valence-corrected chi connectivity index (χ4v) is 2.81. The van der Waals surface area contributed by atoms with Crippen LogP contribution in [0.5, 0.6) is 0 Å². The van der Waals surface area contributed by atoms with Crippen LogP contribution >= 0.6 is 11.6 Å². The molecule has 1 amide bonds. The number of carbonyl (C=O) groups is 1. The molecule has 4 heteroatoms. The molecule has 1 aromatic heterocycles. The molecule has 0 bridgehead atoms. The highest BCUT2D eigenvalue weighted by Gasteiger charge is 2.18. The Morgan fingerprint density at radius 3 is 2.70 bits per heavy atom. The summed E-state index contributed by atoms with van der Waals surface area (Å²) in [5, 5.41) is 4.45. The molecule has 118 valence electrons. The molecule has 3 aromatic rings. The van der Waals surface area contributed by atoms with Gasteiger partial charge in [-0.25, -0.2) is 0 Å². The lowest BCUT2D eigenvalue weighted by atomic mass is 10.0. The topological polar surface area (TPSA) is 42.2 Å². The van der Waals surface area contributed by atoms with Gasteiger partial charge in [-0.15, -0.1) is 0 Å². The highest BCUT2D eigenvalue weighted by Crippen LogP contribution is 2.27. The number of halogens is 1. The summed E-state index contributed by atoms with van der Waals surface area (Å²) in [6.45, 7) is 4.51. The number of rotatable bonds is 4. The van der Waals surface area contributed by atoms with Crippen molar-refractivity contribution in [1.29, 1.82) is 0 Å². The zero-order valence-corrected chi connectivity index (χ0v) is 13.9. The second-order valence-corrected chi connectivity index (χ2v) is 6.15. The van der Waals surface area contributed by atoms with Gasteiger partial charge in [0.05, 0.1) is 0 Å². The zero-order chi connectivity index (χ0) is 16.4. The van der Waals surface area contributed by atoms with Crippen molar-refractivity contribution in [3.8, 4) is 0 Å². The van der Waals surface area contributed by atoms with Gasteiger partial charge < -0.3 is 9.73 Å². The van der Waals surface area contributed by atoms with Crippen LogP contribution in [-0.2, 0) is 0 Å². The monoisotopic (exact) mass is 327 g/mol. The maximum absolute atomic E-state index is 12.4. The second kappa shape index (κ2) is 6.47. The highest BCUT2D eigenvalue weighted by molar-refractivity contribution is 6.31. The van der Waals surface area contributed by atoms with Gasteiger partial charge in [-0.2, -0.15) is 0 Å². The lowest BCUT2D eigenvalue weighted by molar-refractivity contribution is 0.0925. The number of furan rings is 1. The molecule has 0 aliphatic carbocycles. The number of amides is 1. The molecular formula is C19H18ClNO2. The third-order valence-electron chi connectivity index (χ3n) is 4.04. The van der Waals surface area contributed by atoms with Gasteiger partial charge in [-0.1, -0.05) is 48.9 Å². The first-order valence-electron chi connectivity index (χ1n) is 7.58. The van der Waals surface area contributed by atoms with Gasteiger partial charge in [-0.05, 0) is 36.6 Å². The summed E-state index contributed by atoms with van der Waals surface area (Å²) in [6, 6.07) is 15.5. The Balaban J connectivity index is 1.75. The van der Waals surface area contributed by atoms with E-state index in [1.165, 1.54) is 5.56 Å². The van der Waals surface area contributed by atoms with E-state index in [4.69, 9.17) is 16.0 Å². The van der Waals surface area contributed by atoms with Gasteiger partial charge >= 0.3 is 0 Å². The normalized spacial score (nSPS) is 12.3. The van der Waals surface area contributed by atoms with E-state index in [0.29, 0.717) is 22.9 Å². The van der Waals surface area contributed by atoms with Crippen molar-refractivity contribution in [3.05, 3.63) is 70.4 Å². The minimum absolute atomic E-state index is 0.197. The van der Waals surface area contributed by atoms with E-state index in [-0.39, 0.29) is 11.8 Å². The first-order valence-corrected chi connectivity index (χ1v) is 7.96. The molecule has 23 heavy (non-hydrogen) atoms. The molecule has 0 saturated carbocycles. The van der Waals surface area contributed by atoms with E-state index in [1.807, 2.05) is 31.2 Å². The highest BCUT2D eigenvalue weighted by atomic mass is 35.5. The Hall–Kier alpha value is -2.26. The maximum Gasteiger partial charge on any atom is 0.287 e. The summed E-state index contributed by atoms with van der Waals surface area (Å²) in [6.07, 6.45) is 0. The minimum Gasteiger partial charge on any atom is -0.451 e. The zero-order valence-electron chi connectivity index (χ0n) is 13.1. The Bertz CT molecular complexity index is 839. The molecule has 0 saturated heterocycles. The Morgan fingerprint density at radius 1 is 1.22 bits per heavy atom. The van der Waals surface area contributed by atoms with Gasteiger partial charge in [0.15, 0.2) is 5.76 Å². The third kappa shape index (κ3) is 3.25. The molecule has 0 aliphatic heterocycles. The minimum atomic E-state index is -0.197. The maximum atomic E-state index is 12.4. The number of hydrogen-bond acceptors (Lipinski definition) is 2. The Kier molecular flexibility index (Phi) is 4.39. The second-order valence-electron chi connectivity index (χ2n) is 5.72. The van der Waals surface area contributed by atoms with Crippen LogP contribution in [0, 0.1) is 6.92 Å². The molecule has 1 atom stereocenters. The summed E-state index contributed by atoms with van der Waals surface area (Å²) >= 11 is 6.01. The molecule has 0 radical (unpaired) electrons. The van der Waals surface area contributed by atoms with Crippen molar-refractivity contribution in [2.75, 3.05) is 6.54 Å². The van der Waals surface area contributed by atoms with Crippen molar-refractivity contribution in [2.45, 2.75) is 19.8 Å². The third-order valence-corrected chi connectivity index (χ3v) is 4.28. The largest absolute Gasteiger partial charge is 0.451 e. The summed E-state index contributed by atoms with van der Waals surface area (Å²) in [5.41, 5.74) is 2.68. The molecule has 2 aromatic carbocycles. The van der Waals surface area contributed by atoms with E-state index >= 15 is 0 Å². The van der Waals surface area contributed by atoms with E-state index in [2.05, 4.69) is 24.4 Å². The molecule has 3 rings (SSSR count). The predicted octanol–water partition coefficient (Wildman–Crippen LogP) is 4.93. The summed E-state index contributed by atoms with van der Waals surface area (Å²) in [4.78, 5) is 12.4. The van der Waals surface area contributed by atoms with Gasteiger partial charge in [0, 0.05) is 22.5 Å². The first kappa shape index (κ1) is 15.6. The molecular weight excluding hydrogens is 310 g/mol. The number of carbonyl (C=O) groups excluding carboxylic acids is 1. The van der Waals surface area contributed by atoms with E-state index in [0.717, 1.165) is 10.9 Å². The van der Waals surface area contributed by atoms with Crippen LogP contribution in [0.4, 0.5) is 0 Å².